The molecular weight excluding hydrogens is 295 g/mol. The third-order valence-corrected chi connectivity index (χ3v) is 4.03. The van der Waals surface area contributed by atoms with Gasteiger partial charge in [0.05, 0.1) is 6.42 Å². The second kappa shape index (κ2) is 7.87. The number of benzene rings is 1. The Labute approximate surface area is 130 Å². The van der Waals surface area contributed by atoms with E-state index < -0.39 is 0 Å². The van der Waals surface area contributed by atoms with E-state index in [0.717, 1.165) is 44.7 Å². The summed E-state index contributed by atoms with van der Waals surface area (Å²) in [5.74, 6) is 0.846. The van der Waals surface area contributed by atoms with Crippen LogP contribution in [0.25, 0.3) is 0 Å². The lowest BCUT2D eigenvalue weighted by Gasteiger charge is -2.21. The van der Waals surface area contributed by atoms with E-state index in [1.807, 2.05) is 29.2 Å². The lowest BCUT2D eigenvalue weighted by molar-refractivity contribution is -0.130. The predicted molar refractivity (Wildman–Crippen MR) is 83.5 cm³/mol. The third kappa shape index (κ3) is 4.65. The van der Waals surface area contributed by atoms with Gasteiger partial charge in [0.1, 0.15) is 0 Å². The van der Waals surface area contributed by atoms with Crippen LogP contribution in [0.2, 0.25) is 5.02 Å². The van der Waals surface area contributed by atoms with Crippen molar-refractivity contribution in [1.82, 2.24) is 9.80 Å². The number of nitrogens with zero attached hydrogens (tertiary/aromatic N) is 2. The van der Waals surface area contributed by atoms with Crippen molar-refractivity contribution in [2.24, 2.45) is 0 Å². The van der Waals surface area contributed by atoms with Gasteiger partial charge in [0.25, 0.3) is 0 Å². The number of carbonyl (C=O) groups is 1. The maximum absolute atomic E-state index is 12.3. The number of hydrogen-bond acceptors (Lipinski definition) is 2. The second-order valence-corrected chi connectivity index (χ2v) is 5.88. The molecule has 0 aromatic heterocycles. The van der Waals surface area contributed by atoms with Crippen molar-refractivity contribution in [3.63, 3.8) is 0 Å². The topological polar surface area (TPSA) is 23.6 Å². The number of carbonyl (C=O) groups excluding carboxylic acids is 1. The van der Waals surface area contributed by atoms with Gasteiger partial charge in [-0.25, -0.2) is 0 Å². The zero-order valence-corrected chi connectivity index (χ0v) is 13.0. The molecule has 1 aromatic carbocycles. The van der Waals surface area contributed by atoms with Gasteiger partial charge in [-0.15, -0.1) is 11.6 Å². The van der Waals surface area contributed by atoms with Gasteiger partial charge in [-0.2, -0.15) is 0 Å². The van der Waals surface area contributed by atoms with Gasteiger partial charge >= 0.3 is 0 Å². The quantitative estimate of drug-likeness (QED) is 0.798. The van der Waals surface area contributed by atoms with Gasteiger partial charge < -0.3 is 9.80 Å². The molecule has 0 atom stereocenters. The highest BCUT2D eigenvalue weighted by atomic mass is 35.5. The summed E-state index contributed by atoms with van der Waals surface area (Å²) in [6.07, 6.45) is 1.47. The molecule has 0 N–H and O–H groups in total. The minimum Gasteiger partial charge on any atom is -0.341 e. The minimum absolute atomic E-state index is 0.194. The minimum atomic E-state index is 0.194. The molecule has 1 aromatic rings. The van der Waals surface area contributed by atoms with Gasteiger partial charge in [0, 0.05) is 37.1 Å². The van der Waals surface area contributed by atoms with Crippen LogP contribution in [0.4, 0.5) is 0 Å². The van der Waals surface area contributed by atoms with Crippen LogP contribution in [0, 0.1) is 0 Å². The van der Waals surface area contributed by atoms with Gasteiger partial charge in [-0.3, -0.25) is 4.79 Å². The standard InChI is InChI=1S/C15H20Cl2N2O/c16-6-9-18-7-1-8-19(11-10-18)15(20)12-13-2-4-14(17)5-3-13/h2-5H,1,6-12H2. The van der Waals surface area contributed by atoms with Crippen LogP contribution in [-0.4, -0.2) is 54.3 Å². The van der Waals surface area contributed by atoms with Crippen LogP contribution >= 0.6 is 23.2 Å². The molecule has 1 amide bonds. The first-order valence-corrected chi connectivity index (χ1v) is 7.91. The molecule has 1 heterocycles. The molecule has 3 nitrogen and oxygen atoms in total. The molecule has 0 radical (unpaired) electrons. The monoisotopic (exact) mass is 314 g/mol. The molecule has 0 aliphatic carbocycles. The Morgan fingerprint density at radius 3 is 2.55 bits per heavy atom. The van der Waals surface area contributed by atoms with Crippen molar-refractivity contribution in [2.75, 3.05) is 38.6 Å². The normalized spacial score (nSPS) is 17.0. The van der Waals surface area contributed by atoms with Crippen molar-refractivity contribution >= 4 is 29.1 Å². The van der Waals surface area contributed by atoms with Crippen LogP contribution < -0.4 is 0 Å². The first-order chi connectivity index (χ1) is 9.69. The maximum Gasteiger partial charge on any atom is 0.227 e. The lowest BCUT2D eigenvalue weighted by atomic mass is 10.1. The summed E-state index contributed by atoms with van der Waals surface area (Å²) in [5.41, 5.74) is 1.02. The highest BCUT2D eigenvalue weighted by molar-refractivity contribution is 6.30. The predicted octanol–water partition coefficient (Wildman–Crippen LogP) is 2.66. The second-order valence-electron chi connectivity index (χ2n) is 5.07. The molecule has 2 rings (SSSR count). The van der Waals surface area contributed by atoms with Crippen LogP contribution in [-0.2, 0) is 11.2 Å². The van der Waals surface area contributed by atoms with Crippen molar-refractivity contribution in [3.05, 3.63) is 34.9 Å². The lowest BCUT2D eigenvalue weighted by Crippen LogP contribution is -2.36. The summed E-state index contributed by atoms with van der Waals surface area (Å²) < 4.78 is 0. The Morgan fingerprint density at radius 2 is 1.85 bits per heavy atom. The number of hydrogen-bond donors (Lipinski definition) is 0. The molecule has 5 heteroatoms. The Kier molecular flexibility index (Phi) is 6.14. The summed E-state index contributed by atoms with van der Waals surface area (Å²) >= 11 is 11.6. The van der Waals surface area contributed by atoms with E-state index in [-0.39, 0.29) is 5.91 Å². The number of rotatable bonds is 4. The zero-order chi connectivity index (χ0) is 14.4. The highest BCUT2D eigenvalue weighted by Gasteiger charge is 2.18. The summed E-state index contributed by atoms with van der Waals surface area (Å²) in [6, 6.07) is 7.49. The van der Waals surface area contributed by atoms with Gasteiger partial charge in [-0.05, 0) is 30.7 Å². The smallest absolute Gasteiger partial charge is 0.227 e. The van der Waals surface area contributed by atoms with Crippen molar-refractivity contribution < 1.29 is 4.79 Å². The Hall–Kier alpha value is -0.770. The first-order valence-electron chi connectivity index (χ1n) is 6.99. The molecule has 0 bridgehead atoms. The fourth-order valence-electron chi connectivity index (χ4n) is 2.45. The molecule has 1 fully saturated rings. The fourth-order valence-corrected chi connectivity index (χ4v) is 2.82. The van der Waals surface area contributed by atoms with Gasteiger partial charge in [-0.1, -0.05) is 23.7 Å². The molecule has 0 saturated carbocycles. The summed E-state index contributed by atoms with van der Waals surface area (Å²) in [4.78, 5) is 16.6. The highest BCUT2D eigenvalue weighted by Crippen LogP contribution is 2.12. The SMILES string of the molecule is O=C(Cc1ccc(Cl)cc1)N1CCCN(CCCl)CC1. The summed E-state index contributed by atoms with van der Waals surface area (Å²) in [6.45, 7) is 4.48. The number of halogens is 2. The van der Waals surface area contributed by atoms with Gasteiger partial charge in [0.15, 0.2) is 0 Å². The number of amides is 1. The van der Waals surface area contributed by atoms with Gasteiger partial charge in [0.2, 0.25) is 5.91 Å². The van der Waals surface area contributed by atoms with Crippen molar-refractivity contribution in [3.8, 4) is 0 Å². The molecular formula is C15H20Cl2N2O. The largest absolute Gasteiger partial charge is 0.341 e. The summed E-state index contributed by atoms with van der Waals surface area (Å²) in [5, 5.41) is 0.702. The van der Waals surface area contributed by atoms with Crippen LogP contribution in [0.3, 0.4) is 0 Å². The van der Waals surface area contributed by atoms with E-state index in [4.69, 9.17) is 23.2 Å². The zero-order valence-electron chi connectivity index (χ0n) is 11.5. The van der Waals surface area contributed by atoms with Crippen LogP contribution in [0.15, 0.2) is 24.3 Å². The molecule has 0 spiro atoms. The van der Waals surface area contributed by atoms with Crippen molar-refractivity contribution in [2.45, 2.75) is 12.8 Å². The van der Waals surface area contributed by atoms with E-state index in [0.29, 0.717) is 17.3 Å². The molecule has 1 aliphatic rings. The van der Waals surface area contributed by atoms with E-state index in [2.05, 4.69) is 4.90 Å². The van der Waals surface area contributed by atoms with E-state index in [1.54, 1.807) is 0 Å². The summed E-state index contributed by atoms with van der Waals surface area (Å²) in [7, 11) is 0. The average Bonchev–Trinajstić information content (AvgIpc) is 2.67. The molecule has 1 saturated heterocycles. The van der Waals surface area contributed by atoms with E-state index in [9.17, 15) is 4.79 Å². The van der Waals surface area contributed by atoms with Crippen LogP contribution in [0.1, 0.15) is 12.0 Å². The fraction of sp³-hybridized carbons (Fsp3) is 0.533. The molecule has 20 heavy (non-hydrogen) atoms. The molecule has 110 valence electrons. The first kappa shape index (κ1) is 15.6. The van der Waals surface area contributed by atoms with E-state index >= 15 is 0 Å². The Morgan fingerprint density at radius 1 is 1.10 bits per heavy atom. The molecule has 0 unspecified atom stereocenters. The average molecular weight is 315 g/mol. The molecule has 1 aliphatic heterocycles. The number of alkyl halides is 1. The third-order valence-electron chi connectivity index (χ3n) is 3.61. The van der Waals surface area contributed by atoms with E-state index in [1.165, 1.54) is 0 Å². The maximum atomic E-state index is 12.3. The van der Waals surface area contributed by atoms with Crippen LogP contribution in [0.5, 0.6) is 0 Å². The Balaban J connectivity index is 1.87. The van der Waals surface area contributed by atoms with Crippen molar-refractivity contribution in [1.29, 1.82) is 0 Å². The Bertz CT molecular complexity index is 436.